The van der Waals surface area contributed by atoms with E-state index >= 15 is 0 Å². The minimum absolute atomic E-state index is 0.167. The Balaban J connectivity index is 3.15. The number of benzene rings is 1. The standard InChI is InChI=1S/C11H14N2O4/c1-11(2,7-15)12-9-4-3-8(6-14)5-10(9)13(16)17/h3-6,12,15H,7H2,1-2H3. The second kappa shape index (κ2) is 4.92. The van der Waals surface area contributed by atoms with Crippen molar-refractivity contribution in [1.82, 2.24) is 0 Å². The molecule has 0 atom stereocenters. The van der Waals surface area contributed by atoms with Crippen molar-refractivity contribution in [2.75, 3.05) is 11.9 Å². The van der Waals surface area contributed by atoms with Crippen molar-refractivity contribution in [3.63, 3.8) is 0 Å². The van der Waals surface area contributed by atoms with Crippen LogP contribution in [-0.2, 0) is 0 Å². The minimum Gasteiger partial charge on any atom is -0.394 e. The van der Waals surface area contributed by atoms with E-state index in [4.69, 9.17) is 5.11 Å². The first-order chi connectivity index (χ1) is 7.89. The zero-order valence-electron chi connectivity index (χ0n) is 9.64. The van der Waals surface area contributed by atoms with Gasteiger partial charge in [-0.1, -0.05) is 0 Å². The highest BCUT2D eigenvalue weighted by atomic mass is 16.6. The van der Waals surface area contributed by atoms with Crippen molar-refractivity contribution in [3.05, 3.63) is 33.9 Å². The smallest absolute Gasteiger partial charge is 0.293 e. The molecule has 6 heteroatoms. The first-order valence-corrected chi connectivity index (χ1v) is 5.02. The van der Waals surface area contributed by atoms with Crippen LogP contribution >= 0.6 is 0 Å². The molecular weight excluding hydrogens is 224 g/mol. The number of hydrogen-bond acceptors (Lipinski definition) is 5. The van der Waals surface area contributed by atoms with Crippen molar-refractivity contribution in [3.8, 4) is 0 Å². The molecule has 0 unspecified atom stereocenters. The molecule has 0 aromatic heterocycles. The minimum atomic E-state index is -0.673. The van der Waals surface area contributed by atoms with Gasteiger partial charge < -0.3 is 10.4 Å². The van der Waals surface area contributed by atoms with E-state index in [2.05, 4.69) is 5.32 Å². The van der Waals surface area contributed by atoms with E-state index in [1.165, 1.54) is 18.2 Å². The third-order valence-corrected chi connectivity index (χ3v) is 2.22. The summed E-state index contributed by atoms with van der Waals surface area (Å²) in [4.78, 5) is 20.8. The van der Waals surface area contributed by atoms with Crippen LogP contribution in [-0.4, -0.2) is 28.5 Å². The normalized spacial score (nSPS) is 11.0. The average molecular weight is 238 g/mol. The van der Waals surface area contributed by atoms with Crippen LogP contribution in [0.4, 0.5) is 11.4 Å². The zero-order valence-corrected chi connectivity index (χ0v) is 9.64. The van der Waals surface area contributed by atoms with Crippen LogP contribution in [0.3, 0.4) is 0 Å². The largest absolute Gasteiger partial charge is 0.394 e. The zero-order chi connectivity index (χ0) is 13.1. The lowest BCUT2D eigenvalue weighted by molar-refractivity contribution is -0.384. The SMILES string of the molecule is CC(C)(CO)Nc1ccc(C=O)cc1[N+](=O)[O-]. The maximum absolute atomic E-state index is 10.9. The highest BCUT2D eigenvalue weighted by Gasteiger charge is 2.22. The molecule has 2 N–H and O–H groups in total. The van der Waals surface area contributed by atoms with Gasteiger partial charge in [0.05, 0.1) is 17.1 Å². The molecule has 92 valence electrons. The number of carbonyl (C=O) groups excluding carboxylic acids is 1. The van der Waals surface area contributed by atoms with Crippen LogP contribution in [0.5, 0.6) is 0 Å². The van der Waals surface area contributed by atoms with Crippen molar-refractivity contribution in [1.29, 1.82) is 0 Å². The fraction of sp³-hybridized carbons (Fsp3) is 0.364. The van der Waals surface area contributed by atoms with Gasteiger partial charge in [0, 0.05) is 11.6 Å². The predicted molar refractivity (Wildman–Crippen MR) is 63.3 cm³/mol. The summed E-state index contributed by atoms with van der Waals surface area (Å²) >= 11 is 0. The fourth-order valence-corrected chi connectivity index (χ4v) is 1.28. The van der Waals surface area contributed by atoms with Gasteiger partial charge in [-0.15, -0.1) is 0 Å². The van der Waals surface area contributed by atoms with E-state index in [0.29, 0.717) is 6.29 Å². The molecule has 0 bridgehead atoms. The molecule has 0 heterocycles. The Kier molecular flexibility index (Phi) is 3.80. The third-order valence-electron chi connectivity index (χ3n) is 2.22. The van der Waals surface area contributed by atoms with Crippen molar-refractivity contribution >= 4 is 17.7 Å². The fourth-order valence-electron chi connectivity index (χ4n) is 1.28. The van der Waals surface area contributed by atoms with Gasteiger partial charge in [0.25, 0.3) is 5.69 Å². The molecule has 0 saturated carbocycles. The lowest BCUT2D eigenvalue weighted by Crippen LogP contribution is -2.35. The molecule has 1 aromatic carbocycles. The molecule has 0 radical (unpaired) electrons. The van der Waals surface area contributed by atoms with Gasteiger partial charge in [-0.25, -0.2) is 0 Å². The van der Waals surface area contributed by atoms with Gasteiger partial charge in [0.15, 0.2) is 0 Å². The molecular formula is C11H14N2O4. The maximum atomic E-state index is 10.9. The summed E-state index contributed by atoms with van der Waals surface area (Å²) in [7, 11) is 0. The Hall–Kier alpha value is -1.95. The molecule has 0 saturated heterocycles. The van der Waals surface area contributed by atoms with E-state index in [0.717, 1.165) is 0 Å². The number of aldehydes is 1. The second-order valence-corrected chi connectivity index (χ2v) is 4.32. The van der Waals surface area contributed by atoms with E-state index in [1.54, 1.807) is 13.8 Å². The number of hydrogen-bond donors (Lipinski definition) is 2. The number of nitrogens with zero attached hydrogens (tertiary/aromatic N) is 1. The Morgan fingerprint density at radius 2 is 2.18 bits per heavy atom. The summed E-state index contributed by atoms with van der Waals surface area (Å²) in [5.74, 6) is 0. The lowest BCUT2D eigenvalue weighted by Gasteiger charge is -2.24. The van der Waals surface area contributed by atoms with Crippen LogP contribution < -0.4 is 5.32 Å². The van der Waals surface area contributed by atoms with E-state index in [9.17, 15) is 14.9 Å². The van der Waals surface area contributed by atoms with Crippen LogP contribution in [0.2, 0.25) is 0 Å². The second-order valence-electron chi connectivity index (χ2n) is 4.32. The summed E-state index contributed by atoms with van der Waals surface area (Å²) in [6.07, 6.45) is 0.550. The third kappa shape index (κ3) is 3.25. The number of anilines is 1. The Morgan fingerprint density at radius 1 is 1.53 bits per heavy atom. The van der Waals surface area contributed by atoms with Crippen LogP contribution in [0, 0.1) is 10.1 Å². The molecule has 0 aliphatic carbocycles. The van der Waals surface area contributed by atoms with Crippen molar-refractivity contribution < 1.29 is 14.8 Å². The van der Waals surface area contributed by atoms with E-state index in [1.807, 2.05) is 0 Å². The number of rotatable bonds is 5. The molecule has 0 spiro atoms. The van der Waals surface area contributed by atoms with E-state index in [-0.39, 0.29) is 23.5 Å². The number of carbonyl (C=O) groups is 1. The number of nitrogens with one attached hydrogen (secondary N) is 1. The van der Waals surface area contributed by atoms with Gasteiger partial charge in [-0.3, -0.25) is 14.9 Å². The first kappa shape index (κ1) is 13.1. The molecule has 17 heavy (non-hydrogen) atoms. The topological polar surface area (TPSA) is 92.5 Å². The maximum Gasteiger partial charge on any atom is 0.293 e. The molecule has 1 aromatic rings. The van der Waals surface area contributed by atoms with Gasteiger partial charge >= 0.3 is 0 Å². The van der Waals surface area contributed by atoms with E-state index < -0.39 is 10.5 Å². The van der Waals surface area contributed by atoms with Crippen LogP contribution in [0.15, 0.2) is 18.2 Å². The van der Waals surface area contributed by atoms with Gasteiger partial charge in [0.2, 0.25) is 0 Å². The summed E-state index contributed by atoms with van der Waals surface area (Å²) < 4.78 is 0. The monoisotopic (exact) mass is 238 g/mol. The van der Waals surface area contributed by atoms with Crippen LogP contribution in [0.25, 0.3) is 0 Å². The van der Waals surface area contributed by atoms with Gasteiger partial charge in [-0.2, -0.15) is 0 Å². The average Bonchev–Trinajstić information content (AvgIpc) is 2.29. The summed E-state index contributed by atoms with van der Waals surface area (Å²) in [6, 6.07) is 4.14. The Morgan fingerprint density at radius 3 is 2.65 bits per heavy atom. The summed E-state index contributed by atoms with van der Waals surface area (Å²) in [5, 5.41) is 22.8. The molecule has 0 amide bonds. The van der Waals surface area contributed by atoms with Gasteiger partial charge in [0.1, 0.15) is 12.0 Å². The molecule has 0 aliphatic rings. The quantitative estimate of drug-likeness (QED) is 0.461. The number of nitro benzene ring substituents is 1. The Bertz CT molecular complexity index is 443. The van der Waals surface area contributed by atoms with Crippen molar-refractivity contribution in [2.24, 2.45) is 0 Å². The number of aliphatic hydroxyl groups is 1. The molecule has 0 aliphatic heterocycles. The summed E-state index contributed by atoms with van der Waals surface area (Å²) in [6.45, 7) is 3.26. The summed E-state index contributed by atoms with van der Waals surface area (Å²) in [5.41, 5.74) is -0.340. The lowest BCUT2D eigenvalue weighted by atomic mass is 10.1. The number of aliphatic hydroxyl groups excluding tert-OH is 1. The number of nitro groups is 1. The molecule has 6 nitrogen and oxygen atoms in total. The highest BCUT2D eigenvalue weighted by Crippen LogP contribution is 2.27. The predicted octanol–water partition coefficient (Wildman–Crippen LogP) is 1.59. The van der Waals surface area contributed by atoms with Crippen LogP contribution in [0.1, 0.15) is 24.2 Å². The highest BCUT2D eigenvalue weighted by molar-refractivity contribution is 5.79. The first-order valence-electron chi connectivity index (χ1n) is 5.02. The molecule has 1 rings (SSSR count). The Labute approximate surface area is 98.4 Å². The molecule has 0 fully saturated rings. The van der Waals surface area contributed by atoms with Gasteiger partial charge in [-0.05, 0) is 26.0 Å². The van der Waals surface area contributed by atoms with Crippen molar-refractivity contribution in [2.45, 2.75) is 19.4 Å².